The van der Waals surface area contributed by atoms with Crippen molar-refractivity contribution in [2.75, 3.05) is 14.2 Å². The summed E-state index contributed by atoms with van der Waals surface area (Å²) in [5.74, 6) is 1.33. The molecule has 0 N–H and O–H groups in total. The van der Waals surface area contributed by atoms with Gasteiger partial charge >= 0.3 is 0 Å². The summed E-state index contributed by atoms with van der Waals surface area (Å²) in [6.45, 7) is 0. The summed E-state index contributed by atoms with van der Waals surface area (Å²) in [5, 5.41) is 0. The second kappa shape index (κ2) is 6.57. The molecule has 102 valence electrons. The Labute approximate surface area is 118 Å². The number of carbonyl (C=O) groups is 1. The van der Waals surface area contributed by atoms with Crippen molar-refractivity contribution in [3.8, 4) is 11.5 Å². The molecule has 0 aliphatic rings. The van der Waals surface area contributed by atoms with Gasteiger partial charge in [0.25, 0.3) is 0 Å². The van der Waals surface area contributed by atoms with Crippen molar-refractivity contribution in [1.29, 1.82) is 0 Å². The van der Waals surface area contributed by atoms with Gasteiger partial charge in [-0.3, -0.25) is 4.79 Å². The SMILES string of the molecule is COc1cccc(C(=O)/C=C/c2ccccc2OC)c1. The lowest BCUT2D eigenvalue weighted by Crippen LogP contribution is -1.95. The summed E-state index contributed by atoms with van der Waals surface area (Å²) in [4.78, 5) is 12.1. The van der Waals surface area contributed by atoms with Crippen LogP contribution in [0.1, 0.15) is 15.9 Å². The van der Waals surface area contributed by atoms with E-state index in [1.807, 2.05) is 24.3 Å². The quantitative estimate of drug-likeness (QED) is 0.614. The maximum Gasteiger partial charge on any atom is 0.185 e. The van der Waals surface area contributed by atoms with E-state index in [2.05, 4.69) is 0 Å². The van der Waals surface area contributed by atoms with E-state index in [1.165, 1.54) is 6.08 Å². The van der Waals surface area contributed by atoms with E-state index >= 15 is 0 Å². The minimum absolute atomic E-state index is 0.0743. The van der Waals surface area contributed by atoms with Crippen LogP contribution < -0.4 is 9.47 Å². The fraction of sp³-hybridized carbons (Fsp3) is 0.118. The van der Waals surface area contributed by atoms with Gasteiger partial charge in [-0.15, -0.1) is 0 Å². The Morgan fingerprint density at radius 3 is 2.55 bits per heavy atom. The molecule has 0 aliphatic heterocycles. The number of carbonyl (C=O) groups excluding carboxylic acids is 1. The van der Waals surface area contributed by atoms with Crippen LogP contribution in [0.5, 0.6) is 11.5 Å². The van der Waals surface area contributed by atoms with Crippen molar-refractivity contribution in [2.24, 2.45) is 0 Å². The third kappa shape index (κ3) is 3.26. The zero-order chi connectivity index (χ0) is 14.4. The molecule has 2 aromatic carbocycles. The molecule has 2 aromatic rings. The number of para-hydroxylation sites is 1. The normalized spacial score (nSPS) is 10.5. The van der Waals surface area contributed by atoms with Crippen LogP contribution >= 0.6 is 0 Å². The van der Waals surface area contributed by atoms with Crippen molar-refractivity contribution in [3.05, 3.63) is 65.7 Å². The molecule has 0 unspecified atom stereocenters. The number of ether oxygens (including phenoxy) is 2. The largest absolute Gasteiger partial charge is 0.497 e. The van der Waals surface area contributed by atoms with Crippen LogP contribution in [0.25, 0.3) is 6.08 Å². The van der Waals surface area contributed by atoms with Crippen LogP contribution in [0, 0.1) is 0 Å². The fourth-order valence-corrected chi connectivity index (χ4v) is 1.84. The van der Waals surface area contributed by atoms with Gasteiger partial charge in [0.15, 0.2) is 5.78 Å². The Morgan fingerprint density at radius 2 is 1.80 bits per heavy atom. The minimum Gasteiger partial charge on any atom is -0.497 e. The molecule has 0 fully saturated rings. The molecule has 0 atom stereocenters. The standard InChI is InChI=1S/C17H16O3/c1-19-15-8-5-7-14(12-15)16(18)11-10-13-6-3-4-9-17(13)20-2/h3-12H,1-2H3/b11-10+. The number of hydrogen-bond donors (Lipinski definition) is 0. The van der Waals surface area contributed by atoms with Crippen LogP contribution in [-0.2, 0) is 0 Å². The number of hydrogen-bond acceptors (Lipinski definition) is 3. The predicted octanol–water partition coefficient (Wildman–Crippen LogP) is 3.60. The second-order valence-electron chi connectivity index (χ2n) is 4.17. The highest BCUT2D eigenvalue weighted by Crippen LogP contribution is 2.19. The maximum absolute atomic E-state index is 12.1. The summed E-state index contributed by atoms with van der Waals surface area (Å²) in [6.07, 6.45) is 3.28. The number of ketones is 1. The summed E-state index contributed by atoms with van der Waals surface area (Å²) in [6, 6.07) is 14.6. The molecule has 0 bridgehead atoms. The lowest BCUT2D eigenvalue weighted by Gasteiger charge is -2.03. The lowest BCUT2D eigenvalue weighted by molar-refractivity contribution is 0.104. The smallest absolute Gasteiger partial charge is 0.185 e. The first-order valence-electron chi connectivity index (χ1n) is 6.24. The average Bonchev–Trinajstić information content (AvgIpc) is 2.52. The number of rotatable bonds is 5. The number of benzene rings is 2. The molecule has 3 nitrogen and oxygen atoms in total. The van der Waals surface area contributed by atoms with Crippen molar-refractivity contribution >= 4 is 11.9 Å². The topological polar surface area (TPSA) is 35.5 Å². The van der Waals surface area contributed by atoms with E-state index in [1.54, 1.807) is 44.6 Å². The van der Waals surface area contributed by atoms with Crippen molar-refractivity contribution in [3.63, 3.8) is 0 Å². The Morgan fingerprint density at radius 1 is 1.00 bits per heavy atom. The Bertz CT molecular complexity index is 630. The van der Waals surface area contributed by atoms with Crippen LogP contribution in [0.4, 0.5) is 0 Å². The van der Waals surface area contributed by atoms with E-state index < -0.39 is 0 Å². The molecule has 0 heterocycles. The lowest BCUT2D eigenvalue weighted by atomic mass is 10.1. The molecule has 0 saturated carbocycles. The van der Waals surface area contributed by atoms with Crippen molar-refractivity contribution < 1.29 is 14.3 Å². The molecule has 2 rings (SSSR count). The molecule has 0 amide bonds. The zero-order valence-corrected chi connectivity index (χ0v) is 11.5. The monoisotopic (exact) mass is 268 g/mol. The zero-order valence-electron chi connectivity index (χ0n) is 11.5. The minimum atomic E-state index is -0.0743. The Kier molecular flexibility index (Phi) is 4.56. The first kappa shape index (κ1) is 13.9. The third-order valence-electron chi connectivity index (χ3n) is 2.91. The molecule has 0 saturated heterocycles. The molecule has 0 aromatic heterocycles. The highest BCUT2D eigenvalue weighted by atomic mass is 16.5. The molecule has 3 heteroatoms. The molecule has 0 aliphatic carbocycles. The first-order valence-corrected chi connectivity index (χ1v) is 6.24. The Balaban J connectivity index is 2.20. The summed E-state index contributed by atoms with van der Waals surface area (Å²) in [5.41, 5.74) is 1.46. The third-order valence-corrected chi connectivity index (χ3v) is 2.91. The van der Waals surface area contributed by atoms with Gasteiger partial charge in [-0.1, -0.05) is 30.3 Å². The van der Waals surface area contributed by atoms with Gasteiger partial charge in [-0.25, -0.2) is 0 Å². The van der Waals surface area contributed by atoms with Gasteiger partial charge < -0.3 is 9.47 Å². The predicted molar refractivity (Wildman–Crippen MR) is 79.4 cm³/mol. The van der Waals surface area contributed by atoms with Crippen molar-refractivity contribution in [1.82, 2.24) is 0 Å². The Hall–Kier alpha value is -2.55. The van der Waals surface area contributed by atoms with Gasteiger partial charge in [0.05, 0.1) is 14.2 Å². The average molecular weight is 268 g/mol. The maximum atomic E-state index is 12.1. The van der Waals surface area contributed by atoms with Crippen LogP contribution in [-0.4, -0.2) is 20.0 Å². The van der Waals surface area contributed by atoms with Gasteiger partial charge in [0, 0.05) is 11.1 Å². The van der Waals surface area contributed by atoms with E-state index in [-0.39, 0.29) is 5.78 Å². The highest BCUT2D eigenvalue weighted by molar-refractivity contribution is 6.07. The van der Waals surface area contributed by atoms with Gasteiger partial charge in [0.1, 0.15) is 11.5 Å². The van der Waals surface area contributed by atoms with E-state index in [0.717, 1.165) is 11.3 Å². The molecular formula is C17H16O3. The van der Waals surface area contributed by atoms with Crippen LogP contribution in [0.3, 0.4) is 0 Å². The molecule has 0 radical (unpaired) electrons. The molecule has 0 spiro atoms. The second-order valence-corrected chi connectivity index (χ2v) is 4.17. The summed E-state index contributed by atoms with van der Waals surface area (Å²) in [7, 11) is 3.19. The van der Waals surface area contributed by atoms with E-state index in [4.69, 9.17) is 9.47 Å². The highest BCUT2D eigenvalue weighted by Gasteiger charge is 2.04. The van der Waals surface area contributed by atoms with Gasteiger partial charge in [0.2, 0.25) is 0 Å². The van der Waals surface area contributed by atoms with Crippen LogP contribution in [0.15, 0.2) is 54.6 Å². The van der Waals surface area contributed by atoms with Gasteiger partial charge in [-0.05, 0) is 30.4 Å². The van der Waals surface area contributed by atoms with Crippen LogP contribution in [0.2, 0.25) is 0 Å². The molecular weight excluding hydrogens is 252 g/mol. The summed E-state index contributed by atoms with van der Waals surface area (Å²) < 4.78 is 10.3. The van der Waals surface area contributed by atoms with Gasteiger partial charge in [-0.2, -0.15) is 0 Å². The first-order chi connectivity index (χ1) is 9.74. The number of methoxy groups -OCH3 is 2. The number of allylic oxidation sites excluding steroid dienone is 1. The van der Waals surface area contributed by atoms with Crippen molar-refractivity contribution in [2.45, 2.75) is 0 Å². The molecule has 20 heavy (non-hydrogen) atoms. The van der Waals surface area contributed by atoms with E-state index in [9.17, 15) is 4.79 Å². The van der Waals surface area contributed by atoms with E-state index in [0.29, 0.717) is 11.3 Å². The summed E-state index contributed by atoms with van der Waals surface area (Å²) >= 11 is 0. The fourth-order valence-electron chi connectivity index (χ4n) is 1.84.